The molecule has 20 heavy (non-hydrogen) atoms. The quantitative estimate of drug-likeness (QED) is 0.813. The van der Waals surface area contributed by atoms with Crippen molar-refractivity contribution < 1.29 is 4.79 Å². The van der Waals surface area contributed by atoms with Crippen molar-refractivity contribution in [3.05, 3.63) is 37.8 Å². The van der Waals surface area contributed by atoms with Crippen molar-refractivity contribution >= 4 is 57.2 Å². The van der Waals surface area contributed by atoms with Crippen molar-refractivity contribution in [2.45, 2.75) is 19.8 Å². The van der Waals surface area contributed by atoms with E-state index in [4.69, 9.17) is 34.8 Å². The van der Waals surface area contributed by atoms with Crippen LogP contribution >= 0.6 is 46.1 Å². The second-order valence-corrected chi connectivity index (χ2v) is 6.18. The highest BCUT2D eigenvalue weighted by molar-refractivity contribution is 7.15. The highest BCUT2D eigenvalue weighted by Gasteiger charge is 2.18. The summed E-state index contributed by atoms with van der Waals surface area (Å²) in [6.45, 7) is 2.05. The van der Waals surface area contributed by atoms with Crippen LogP contribution in [0.5, 0.6) is 0 Å². The summed E-state index contributed by atoms with van der Waals surface area (Å²) in [6, 6.07) is 3.06. The first-order valence-corrected chi connectivity index (χ1v) is 7.75. The van der Waals surface area contributed by atoms with Crippen molar-refractivity contribution in [1.29, 1.82) is 0 Å². The van der Waals surface area contributed by atoms with E-state index in [-0.39, 0.29) is 20.6 Å². The molecule has 1 amide bonds. The minimum absolute atomic E-state index is 0.120. The van der Waals surface area contributed by atoms with Crippen LogP contribution in [-0.2, 0) is 6.42 Å². The molecule has 0 saturated carbocycles. The number of benzene rings is 1. The molecule has 0 fully saturated rings. The molecule has 0 spiro atoms. The van der Waals surface area contributed by atoms with Gasteiger partial charge in [0.15, 0.2) is 0 Å². The smallest absolute Gasteiger partial charge is 0.260 e. The van der Waals surface area contributed by atoms with Gasteiger partial charge in [-0.05, 0) is 18.6 Å². The summed E-state index contributed by atoms with van der Waals surface area (Å²) in [4.78, 5) is 12.2. The average molecular weight is 351 g/mol. The molecule has 0 saturated heterocycles. The molecule has 1 aromatic heterocycles. The Morgan fingerprint density at radius 1 is 1.25 bits per heavy atom. The lowest BCUT2D eigenvalue weighted by Gasteiger charge is -2.07. The van der Waals surface area contributed by atoms with Gasteiger partial charge < -0.3 is 0 Å². The molecule has 0 aliphatic carbocycles. The maximum Gasteiger partial charge on any atom is 0.260 e. The monoisotopic (exact) mass is 349 g/mol. The zero-order valence-electron chi connectivity index (χ0n) is 10.4. The Hall–Kier alpha value is -0.880. The molecule has 0 aliphatic heterocycles. The van der Waals surface area contributed by atoms with Crippen molar-refractivity contribution in [1.82, 2.24) is 10.2 Å². The van der Waals surface area contributed by atoms with Gasteiger partial charge in [-0.2, -0.15) is 0 Å². The van der Waals surface area contributed by atoms with E-state index in [9.17, 15) is 4.79 Å². The number of carbonyl (C=O) groups is 1. The highest BCUT2D eigenvalue weighted by atomic mass is 35.5. The number of hydrogen-bond donors (Lipinski definition) is 1. The second-order valence-electron chi connectivity index (χ2n) is 3.92. The Morgan fingerprint density at radius 3 is 2.65 bits per heavy atom. The third-order valence-corrected chi connectivity index (χ3v) is 4.44. The van der Waals surface area contributed by atoms with Gasteiger partial charge in [0.2, 0.25) is 5.13 Å². The summed E-state index contributed by atoms with van der Waals surface area (Å²) >= 11 is 19.2. The number of hydrogen-bond acceptors (Lipinski definition) is 4. The Balaban J connectivity index is 2.21. The van der Waals surface area contributed by atoms with E-state index < -0.39 is 5.91 Å². The van der Waals surface area contributed by atoms with E-state index in [0.29, 0.717) is 5.13 Å². The molecule has 0 aliphatic rings. The third-order valence-electron chi connectivity index (χ3n) is 2.42. The maximum atomic E-state index is 12.2. The lowest BCUT2D eigenvalue weighted by atomic mass is 10.2. The van der Waals surface area contributed by atoms with E-state index in [1.54, 1.807) is 0 Å². The number of halogens is 3. The molecule has 0 atom stereocenters. The number of carbonyl (C=O) groups excluding carboxylic acids is 1. The Kier molecular flexibility index (Phi) is 5.21. The topological polar surface area (TPSA) is 54.9 Å². The fourth-order valence-corrected chi connectivity index (χ4v) is 3.05. The SMILES string of the molecule is CCCc1nnc(NC(=O)c2c(Cl)ccc(Cl)c2Cl)s1. The molecule has 106 valence electrons. The molecule has 4 nitrogen and oxygen atoms in total. The minimum Gasteiger partial charge on any atom is -0.296 e. The summed E-state index contributed by atoms with van der Waals surface area (Å²) in [7, 11) is 0. The largest absolute Gasteiger partial charge is 0.296 e. The highest BCUT2D eigenvalue weighted by Crippen LogP contribution is 2.32. The normalized spacial score (nSPS) is 10.6. The molecule has 2 rings (SSSR count). The predicted molar refractivity (Wildman–Crippen MR) is 83.3 cm³/mol. The van der Waals surface area contributed by atoms with Crippen LogP contribution in [-0.4, -0.2) is 16.1 Å². The van der Waals surface area contributed by atoms with Gasteiger partial charge in [-0.15, -0.1) is 10.2 Å². The molecule has 0 radical (unpaired) electrons. The molecule has 2 aromatic rings. The van der Waals surface area contributed by atoms with Gasteiger partial charge in [0.25, 0.3) is 5.91 Å². The predicted octanol–water partition coefficient (Wildman–Crippen LogP) is 4.70. The van der Waals surface area contributed by atoms with Gasteiger partial charge in [0, 0.05) is 6.42 Å². The van der Waals surface area contributed by atoms with Crippen molar-refractivity contribution in [3.8, 4) is 0 Å². The zero-order valence-corrected chi connectivity index (χ0v) is 13.5. The molecule has 1 heterocycles. The number of aryl methyl sites for hydroxylation is 1. The molecule has 1 aromatic carbocycles. The second kappa shape index (κ2) is 6.72. The number of nitrogens with zero attached hydrogens (tertiary/aromatic N) is 2. The number of anilines is 1. The summed E-state index contributed by atoms with van der Waals surface area (Å²) in [5.41, 5.74) is 0.132. The summed E-state index contributed by atoms with van der Waals surface area (Å²) < 4.78 is 0. The van der Waals surface area contributed by atoms with Crippen molar-refractivity contribution in [3.63, 3.8) is 0 Å². The molecule has 1 N–H and O–H groups in total. The molecule has 0 bridgehead atoms. The van der Waals surface area contributed by atoms with Crippen LogP contribution in [0.3, 0.4) is 0 Å². The molecular formula is C12H10Cl3N3OS. The number of aromatic nitrogens is 2. The van der Waals surface area contributed by atoms with E-state index >= 15 is 0 Å². The van der Waals surface area contributed by atoms with E-state index in [2.05, 4.69) is 15.5 Å². The van der Waals surface area contributed by atoms with Gasteiger partial charge in [-0.1, -0.05) is 53.1 Å². The van der Waals surface area contributed by atoms with Crippen molar-refractivity contribution in [2.24, 2.45) is 0 Å². The molecule has 8 heteroatoms. The Morgan fingerprint density at radius 2 is 1.95 bits per heavy atom. The first-order valence-electron chi connectivity index (χ1n) is 5.80. The van der Waals surface area contributed by atoms with Crippen LogP contribution < -0.4 is 5.32 Å². The summed E-state index contributed by atoms with van der Waals surface area (Å²) in [5, 5.41) is 12.4. The number of rotatable bonds is 4. The first kappa shape index (κ1) is 15.5. The third kappa shape index (κ3) is 3.41. The number of amides is 1. The van der Waals surface area contributed by atoms with Gasteiger partial charge in [0.05, 0.1) is 20.6 Å². The van der Waals surface area contributed by atoms with Gasteiger partial charge in [-0.3, -0.25) is 10.1 Å². The number of nitrogens with one attached hydrogen (secondary N) is 1. The summed E-state index contributed by atoms with van der Waals surface area (Å²) in [6.07, 6.45) is 1.79. The van der Waals surface area contributed by atoms with Gasteiger partial charge >= 0.3 is 0 Å². The molecule has 0 unspecified atom stereocenters. The fraction of sp³-hybridized carbons (Fsp3) is 0.250. The Labute approximate surface area is 135 Å². The van der Waals surface area contributed by atoms with E-state index in [1.165, 1.54) is 23.5 Å². The van der Waals surface area contributed by atoms with Crippen LogP contribution in [0, 0.1) is 0 Å². The standard InChI is InChI=1S/C12H10Cl3N3OS/c1-2-3-8-17-18-12(20-8)16-11(19)9-6(13)4-5-7(14)10(9)15/h4-5H,2-3H2,1H3,(H,16,18,19). The maximum absolute atomic E-state index is 12.2. The Bertz CT molecular complexity index is 645. The lowest BCUT2D eigenvalue weighted by molar-refractivity contribution is 0.102. The van der Waals surface area contributed by atoms with Crippen LogP contribution in [0.4, 0.5) is 5.13 Å². The van der Waals surface area contributed by atoms with Crippen LogP contribution in [0.1, 0.15) is 28.7 Å². The van der Waals surface area contributed by atoms with E-state index in [1.807, 2.05) is 6.92 Å². The van der Waals surface area contributed by atoms with Crippen LogP contribution in [0.15, 0.2) is 12.1 Å². The summed E-state index contributed by atoms with van der Waals surface area (Å²) in [5.74, 6) is -0.457. The van der Waals surface area contributed by atoms with Crippen molar-refractivity contribution in [2.75, 3.05) is 5.32 Å². The van der Waals surface area contributed by atoms with E-state index in [0.717, 1.165) is 17.8 Å². The fourth-order valence-electron chi connectivity index (χ4n) is 1.51. The molecular weight excluding hydrogens is 341 g/mol. The van der Waals surface area contributed by atoms with Crippen LogP contribution in [0.2, 0.25) is 15.1 Å². The van der Waals surface area contributed by atoms with Gasteiger partial charge in [0.1, 0.15) is 5.01 Å². The first-order chi connectivity index (χ1) is 9.52. The zero-order chi connectivity index (χ0) is 14.7. The minimum atomic E-state index is -0.457. The van der Waals surface area contributed by atoms with Crippen LogP contribution in [0.25, 0.3) is 0 Å². The lowest BCUT2D eigenvalue weighted by Crippen LogP contribution is -2.13. The van der Waals surface area contributed by atoms with Gasteiger partial charge in [-0.25, -0.2) is 0 Å². The average Bonchev–Trinajstić information content (AvgIpc) is 2.82.